The van der Waals surface area contributed by atoms with Gasteiger partial charge < -0.3 is 18.9 Å². The number of ketones is 2. The van der Waals surface area contributed by atoms with Crippen molar-refractivity contribution >= 4 is 57.6 Å². The van der Waals surface area contributed by atoms with Gasteiger partial charge in [-0.15, -0.1) is 0 Å². The summed E-state index contributed by atoms with van der Waals surface area (Å²) >= 11 is 1.27. The van der Waals surface area contributed by atoms with E-state index in [9.17, 15) is 28.8 Å². The quantitative estimate of drug-likeness (QED) is 0.336. The maximum absolute atomic E-state index is 12.5. The van der Waals surface area contributed by atoms with Gasteiger partial charge in [0.25, 0.3) is 0 Å². The molecule has 0 bridgehead atoms. The number of thioether (sulfide) groups is 2. The van der Waals surface area contributed by atoms with Gasteiger partial charge in [-0.05, 0) is 44.3 Å². The largest absolute Gasteiger partial charge is 0.428 e. The Balaban J connectivity index is 4.60. The Morgan fingerprint density at radius 1 is 0.793 bits per heavy atom. The molecule has 0 spiro atoms. The molecule has 0 aromatic rings. The molecule has 0 rings (SSSR count). The van der Waals surface area contributed by atoms with Crippen LogP contribution in [-0.4, -0.2) is 58.2 Å². The van der Waals surface area contributed by atoms with Crippen molar-refractivity contribution in [2.24, 2.45) is 5.92 Å². The fourth-order valence-electron chi connectivity index (χ4n) is 1.62. The zero-order chi connectivity index (χ0) is 22.6. The number of esters is 2. The lowest BCUT2D eigenvalue weighted by Crippen LogP contribution is -2.33. The summed E-state index contributed by atoms with van der Waals surface area (Å²) in [7, 11) is 0. The van der Waals surface area contributed by atoms with Crippen LogP contribution in [0, 0.1) is 5.92 Å². The van der Waals surface area contributed by atoms with E-state index in [1.807, 2.05) is 0 Å². The molecule has 29 heavy (non-hydrogen) atoms. The number of ether oxygens (including phenoxy) is 4. The monoisotopic (exact) mass is 452 g/mol. The summed E-state index contributed by atoms with van der Waals surface area (Å²) in [5.74, 6) is -2.73. The van der Waals surface area contributed by atoms with Crippen molar-refractivity contribution in [1.29, 1.82) is 0 Å². The molecule has 0 radical (unpaired) electrons. The molecule has 164 valence electrons. The van der Waals surface area contributed by atoms with E-state index in [-0.39, 0.29) is 18.0 Å². The van der Waals surface area contributed by atoms with Gasteiger partial charge in [0.05, 0.1) is 4.75 Å². The highest BCUT2D eigenvalue weighted by Gasteiger charge is 2.34. The van der Waals surface area contributed by atoms with Gasteiger partial charge in [-0.2, -0.15) is 0 Å². The Bertz CT molecular complexity index is 644. The normalized spacial score (nSPS) is 11.8. The van der Waals surface area contributed by atoms with Crippen LogP contribution in [0.2, 0.25) is 0 Å². The summed E-state index contributed by atoms with van der Waals surface area (Å²) in [6.07, 6.45) is -0.198. The third-order valence-electron chi connectivity index (χ3n) is 3.30. The highest BCUT2D eigenvalue weighted by atomic mass is 32.2. The average Bonchev–Trinajstić information content (AvgIpc) is 2.56. The zero-order valence-corrected chi connectivity index (χ0v) is 18.4. The van der Waals surface area contributed by atoms with Gasteiger partial charge in [-0.1, -0.05) is 0 Å². The Morgan fingerprint density at radius 2 is 1.28 bits per heavy atom. The zero-order valence-electron chi connectivity index (χ0n) is 16.8. The Labute approximate surface area is 176 Å². The lowest BCUT2D eigenvalue weighted by atomic mass is 9.94. The summed E-state index contributed by atoms with van der Waals surface area (Å²) in [5.41, 5.74) is 0. The number of hydrogen-bond donors (Lipinski definition) is 0. The molecular weight excluding hydrogens is 428 g/mol. The lowest BCUT2D eigenvalue weighted by molar-refractivity contribution is -0.149. The van der Waals surface area contributed by atoms with Crippen LogP contribution >= 0.6 is 23.5 Å². The topological polar surface area (TPSA) is 139 Å². The number of Topliss-reactive ketones (excluding diaryl/α,β-unsaturated/α-hetero) is 2. The summed E-state index contributed by atoms with van der Waals surface area (Å²) in [5, 5.41) is -1.57. The van der Waals surface area contributed by atoms with Gasteiger partial charge in [0.1, 0.15) is 11.6 Å². The Kier molecular flexibility index (Phi) is 12.3. The fraction of sp³-hybridized carbons (Fsp3) is 0.647. The van der Waals surface area contributed by atoms with Crippen molar-refractivity contribution in [3.63, 3.8) is 0 Å². The van der Waals surface area contributed by atoms with E-state index >= 15 is 0 Å². The molecule has 0 aromatic carbocycles. The molecule has 0 N–H and O–H groups in total. The minimum absolute atomic E-state index is 0.0162. The molecule has 0 aromatic heterocycles. The Morgan fingerprint density at radius 3 is 1.72 bits per heavy atom. The van der Waals surface area contributed by atoms with Gasteiger partial charge in [0, 0.05) is 31.9 Å². The second-order valence-corrected chi connectivity index (χ2v) is 8.67. The van der Waals surface area contributed by atoms with E-state index in [2.05, 4.69) is 18.9 Å². The predicted octanol–water partition coefficient (Wildman–Crippen LogP) is 2.71. The van der Waals surface area contributed by atoms with Gasteiger partial charge in [0.15, 0.2) is 0 Å². The van der Waals surface area contributed by atoms with Crippen LogP contribution in [0.5, 0.6) is 0 Å². The van der Waals surface area contributed by atoms with Crippen molar-refractivity contribution < 1.29 is 47.7 Å². The van der Waals surface area contributed by atoms with Crippen LogP contribution in [0.25, 0.3) is 0 Å². The van der Waals surface area contributed by atoms with E-state index in [0.717, 1.165) is 13.8 Å². The van der Waals surface area contributed by atoms with Crippen molar-refractivity contribution in [3.05, 3.63) is 0 Å². The summed E-state index contributed by atoms with van der Waals surface area (Å²) < 4.78 is 17.1. The first kappa shape index (κ1) is 26.9. The molecule has 0 heterocycles. The first-order chi connectivity index (χ1) is 13.3. The first-order valence-corrected chi connectivity index (χ1v) is 10.1. The minimum atomic E-state index is -1.21. The molecular formula is C17H24O10S2. The van der Waals surface area contributed by atoms with Crippen molar-refractivity contribution in [2.75, 3.05) is 19.3 Å². The SMILES string of the molecule is CC(=O)OCOC(=O)SC[C@H](CC(=O)C(C)(C)SC(=O)OCOC(C)=O)C(C)=O. The molecule has 0 aliphatic rings. The molecule has 0 fully saturated rings. The van der Waals surface area contributed by atoms with Crippen LogP contribution in [-0.2, 0) is 38.1 Å². The van der Waals surface area contributed by atoms with Crippen molar-refractivity contribution in [2.45, 2.75) is 45.8 Å². The van der Waals surface area contributed by atoms with Gasteiger partial charge >= 0.3 is 22.5 Å². The highest BCUT2D eigenvalue weighted by Crippen LogP contribution is 2.30. The minimum Gasteiger partial charge on any atom is -0.428 e. The van der Waals surface area contributed by atoms with Gasteiger partial charge in [-0.3, -0.25) is 19.2 Å². The third-order valence-corrected chi connectivity index (χ3v) is 5.24. The van der Waals surface area contributed by atoms with Crippen molar-refractivity contribution in [3.8, 4) is 0 Å². The van der Waals surface area contributed by atoms with Crippen LogP contribution < -0.4 is 0 Å². The molecule has 1 atom stereocenters. The van der Waals surface area contributed by atoms with Gasteiger partial charge in [0.2, 0.25) is 13.6 Å². The third kappa shape index (κ3) is 12.9. The molecule has 0 aliphatic carbocycles. The Hall–Kier alpha value is -2.08. The maximum Gasteiger partial charge on any atom is 0.371 e. The molecule has 0 saturated heterocycles. The molecule has 12 heteroatoms. The van der Waals surface area contributed by atoms with Gasteiger partial charge in [-0.25, -0.2) is 9.59 Å². The average molecular weight is 453 g/mol. The number of carbonyl (C=O) groups excluding carboxylic acids is 6. The second kappa shape index (κ2) is 13.2. The van der Waals surface area contributed by atoms with E-state index in [1.54, 1.807) is 0 Å². The number of rotatable bonds is 11. The summed E-state index contributed by atoms with van der Waals surface area (Å²) in [6.45, 7) is 5.48. The highest BCUT2D eigenvalue weighted by molar-refractivity contribution is 8.15. The summed E-state index contributed by atoms with van der Waals surface area (Å²) in [6, 6.07) is 0. The first-order valence-electron chi connectivity index (χ1n) is 8.31. The number of carbonyl (C=O) groups is 6. The molecule has 0 saturated carbocycles. The van der Waals surface area contributed by atoms with E-state index in [1.165, 1.54) is 20.8 Å². The predicted molar refractivity (Wildman–Crippen MR) is 104 cm³/mol. The van der Waals surface area contributed by atoms with Crippen LogP contribution in [0.3, 0.4) is 0 Å². The standard InChI is InChI=1S/C17H24O10S2/c1-10(18)13(7-28-15(22)26-8-24-11(2)19)6-14(21)17(4,5)29-16(23)27-9-25-12(3)20/h13H,6-9H2,1-5H3/t13-/m0/s1. The molecule has 0 aliphatic heterocycles. The molecule has 10 nitrogen and oxygen atoms in total. The molecule has 0 amide bonds. The van der Waals surface area contributed by atoms with Crippen molar-refractivity contribution in [1.82, 2.24) is 0 Å². The van der Waals surface area contributed by atoms with Crippen LogP contribution in [0.15, 0.2) is 0 Å². The fourth-order valence-corrected chi connectivity index (χ4v) is 3.16. The van der Waals surface area contributed by atoms with E-state index < -0.39 is 52.6 Å². The van der Waals surface area contributed by atoms with Crippen LogP contribution in [0.4, 0.5) is 9.59 Å². The second-order valence-electron chi connectivity index (χ2n) is 6.15. The molecule has 0 unspecified atom stereocenters. The van der Waals surface area contributed by atoms with Crippen LogP contribution in [0.1, 0.15) is 41.0 Å². The summed E-state index contributed by atoms with van der Waals surface area (Å²) in [4.78, 5) is 68.9. The smallest absolute Gasteiger partial charge is 0.371 e. The lowest BCUT2D eigenvalue weighted by Gasteiger charge is -2.23. The number of hydrogen-bond acceptors (Lipinski definition) is 12. The van der Waals surface area contributed by atoms with E-state index in [4.69, 9.17) is 0 Å². The van der Waals surface area contributed by atoms with E-state index in [0.29, 0.717) is 23.5 Å². The maximum atomic E-state index is 12.5.